The van der Waals surface area contributed by atoms with Crippen LogP contribution in [-0.4, -0.2) is 11.1 Å². The number of benzene rings is 1. The standard InChI is InChI=1S/C14H18N2OS/c1-11(2)17-13-5-3-12(4-6-13)7-15-8-14-9-16-10-18-14/h3-6,9-11,15H,7-8H2,1-2H3. The van der Waals surface area contributed by atoms with Gasteiger partial charge < -0.3 is 10.1 Å². The van der Waals surface area contributed by atoms with E-state index in [0.29, 0.717) is 0 Å². The van der Waals surface area contributed by atoms with E-state index >= 15 is 0 Å². The van der Waals surface area contributed by atoms with Gasteiger partial charge in [0.2, 0.25) is 0 Å². The van der Waals surface area contributed by atoms with E-state index in [1.807, 2.05) is 37.7 Å². The fraction of sp³-hybridized carbons (Fsp3) is 0.357. The zero-order valence-electron chi connectivity index (χ0n) is 10.7. The quantitative estimate of drug-likeness (QED) is 0.868. The molecule has 1 aromatic carbocycles. The van der Waals surface area contributed by atoms with Crippen molar-refractivity contribution in [2.24, 2.45) is 0 Å². The maximum Gasteiger partial charge on any atom is 0.119 e. The van der Waals surface area contributed by atoms with Gasteiger partial charge >= 0.3 is 0 Å². The van der Waals surface area contributed by atoms with Crippen LogP contribution in [-0.2, 0) is 13.1 Å². The second-order valence-electron chi connectivity index (χ2n) is 4.38. The highest BCUT2D eigenvalue weighted by Crippen LogP contribution is 2.14. The van der Waals surface area contributed by atoms with Crippen molar-refractivity contribution in [1.29, 1.82) is 0 Å². The zero-order chi connectivity index (χ0) is 12.8. The lowest BCUT2D eigenvalue weighted by Crippen LogP contribution is -2.11. The van der Waals surface area contributed by atoms with E-state index in [1.165, 1.54) is 10.4 Å². The zero-order valence-corrected chi connectivity index (χ0v) is 11.5. The highest BCUT2D eigenvalue weighted by molar-refractivity contribution is 7.09. The molecular weight excluding hydrogens is 244 g/mol. The van der Waals surface area contributed by atoms with E-state index in [2.05, 4.69) is 22.4 Å². The first kappa shape index (κ1) is 13.1. The summed E-state index contributed by atoms with van der Waals surface area (Å²) in [7, 11) is 0. The SMILES string of the molecule is CC(C)Oc1ccc(CNCc2cncs2)cc1. The number of nitrogens with zero attached hydrogens (tertiary/aromatic N) is 1. The van der Waals surface area contributed by atoms with Crippen LogP contribution in [0.4, 0.5) is 0 Å². The number of hydrogen-bond donors (Lipinski definition) is 1. The number of thiazole rings is 1. The van der Waals surface area contributed by atoms with Crippen molar-refractivity contribution in [2.75, 3.05) is 0 Å². The largest absolute Gasteiger partial charge is 0.491 e. The molecule has 0 radical (unpaired) electrons. The Hall–Kier alpha value is -1.39. The van der Waals surface area contributed by atoms with Gasteiger partial charge in [-0.05, 0) is 31.5 Å². The van der Waals surface area contributed by atoms with Crippen LogP contribution in [0.3, 0.4) is 0 Å². The molecule has 0 saturated carbocycles. The van der Waals surface area contributed by atoms with Gasteiger partial charge in [-0.25, -0.2) is 0 Å². The summed E-state index contributed by atoms with van der Waals surface area (Å²) in [4.78, 5) is 5.31. The summed E-state index contributed by atoms with van der Waals surface area (Å²) in [5, 5.41) is 3.39. The summed E-state index contributed by atoms with van der Waals surface area (Å²) in [6.45, 7) is 5.80. The van der Waals surface area contributed by atoms with Crippen molar-refractivity contribution < 1.29 is 4.74 Å². The lowest BCUT2D eigenvalue weighted by molar-refractivity contribution is 0.242. The third kappa shape index (κ3) is 4.13. The Balaban J connectivity index is 1.79. The first-order chi connectivity index (χ1) is 8.74. The fourth-order valence-electron chi connectivity index (χ4n) is 1.62. The van der Waals surface area contributed by atoms with E-state index in [0.717, 1.165) is 18.8 Å². The minimum Gasteiger partial charge on any atom is -0.491 e. The van der Waals surface area contributed by atoms with Crippen LogP contribution in [0.25, 0.3) is 0 Å². The molecule has 1 N–H and O–H groups in total. The summed E-state index contributed by atoms with van der Waals surface area (Å²) >= 11 is 1.67. The lowest BCUT2D eigenvalue weighted by atomic mass is 10.2. The second kappa shape index (κ2) is 6.52. The van der Waals surface area contributed by atoms with Crippen LogP contribution in [0.2, 0.25) is 0 Å². The summed E-state index contributed by atoms with van der Waals surface area (Å²) in [6.07, 6.45) is 2.12. The Kier molecular flexibility index (Phi) is 4.73. The third-order valence-electron chi connectivity index (χ3n) is 2.41. The molecule has 2 rings (SSSR count). The summed E-state index contributed by atoms with van der Waals surface area (Å²) in [5.41, 5.74) is 3.12. The lowest BCUT2D eigenvalue weighted by Gasteiger charge is -2.10. The average molecular weight is 262 g/mol. The molecule has 0 aliphatic heterocycles. The first-order valence-corrected chi connectivity index (χ1v) is 6.95. The summed E-state index contributed by atoms with van der Waals surface area (Å²) in [5.74, 6) is 0.927. The maximum absolute atomic E-state index is 5.61. The number of rotatable bonds is 6. The predicted octanol–water partition coefficient (Wildman–Crippen LogP) is 3.22. The Labute approximate surface area is 112 Å². The Morgan fingerprint density at radius 2 is 2.00 bits per heavy atom. The monoisotopic (exact) mass is 262 g/mol. The van der Waals surface area contributed by atoms with E-state index in [9.17, 15) is 0 Å². The smallest absolute Gasteiger partial charge is 0.119 e. The molecule has 0 atom stereocenters. The van der Waals surface area contributed by atoms with Gasteiger partial charge in [0.15, 0.2) is 0 Å². The topological polar surface area (TPSA) is 34.1 Å². The maximum atomic E-state index is 5.61. The molecule has 96 valence electrons. The van der Waals surface area contributed by atoms with Crippen molar-refractivity contribution in [3.63, 3.8) is 0 Å². The highest BCUT2D eigenvalue weighted by atomic mass is 32.1. The Morgan fingerprint density at radius 3 is 2.61 bits per heavy atom. The number of nitrogens with one attached hydrogen (secondary N) is 1. The number of ether oxygens (including phenoxy) is 1. The van der Waals surface area contributed by atoms with Gasteiger partial charge in [0.05, 0.1) is 11.6 Å². The second-order valence-corrected chi connectivity index (χ2v) is 5.35. The summed E-state index contributed by atoms with van der Waals surface area (Å²) < 4.78 is 5.61. The number of aromatic nitrogens is 1. The highest BCUT2D eigenvalue weighted by Gasteiger charge is 1.99. The van der Waals surface area contributed by atoms with Crippen LogP contribution in [0.15, 0.2) is 36.0 Å². The molecule has 4 heteroatoms. The van der Waals surface area contributed by atoms with Gasteiger partial charge in [0.25, 0.3) is 0 Å². The van der Waals surface area contributed by atoms with E-state index in [-0.39, 0.29) is 6.10 Å². The van der Waals surface area contributed by atoms with Crippen molar-refractivity contribution in [2.45, 2.75) is 33.0 Å². The molecule has 0 unspecified atom stereocenters. The minimum absolute atomic E-state index is 0.223. The van der Waals surface area contributed by atoms with Gasteiger partial charge in [-0.15, -0.1) is 11.3 Å². The predicted molar refractivity (Wildman–Crippen MR) is 74.9 cm³/mol. The molecule has 0 aliphatic carbocycles. The van der Waals surface area contributed by atoms with Gasteiger partial charge in [0, 0.05) is 24.2 Å². The molecule has 0 amide bonds. The minimum atomic E-state index is 0.223. The summed E-state index contributed by atoms with van der Waals surface area (Å²) in [6, 6.07) is 8.22. The molecule has 2 aromatic rings. The Bertz CT molecular complexity index is 451. The van der Waals surface area contributed by atoms with Crippen molar-refractivity contribution in [1.82, 2.24) is 10.3 Å². The van der Waals surface area contributed by atoms with Gasteiger partial charge in [0.1, 0.15) is 5.75 Å². The third-order valence-corrected chi connectivity index (χ3v) is 3.19. The molecule has 0 fully saturated rings. The number of hydrogen-bond acceptors (Lipinski definition) is 4. The van der Waals surface area contributed by atoms with Gasteiger partial charge in [-0.3, -0.25) is 4.98 Å². The molecule has 1 aromatic heterocycles. The first-order valence-electron chi connectivity index (χ1n) is 6.08. The molecule has 0 saturated heterocycles. The van der Waals surface area contributed by atoms with E-state index in [4.69, 9.17) is 4.74 Å². The van der Waals surface area contributed by atoms with E-state index < -0.39 is 0 Å². The van der Waals surface area contributed by atoms with Gasteiger partial charge in [-0.2, -0.15) is 0 Å². The van der Waals surface area contributed by atoms with Crippen LogP contribution in [0.5, 0.6) is 5.75 Å². The molecular formula is C14H18N2OS. The van der Waals surface area contributed by atoms with E-state index in [1.54, 1.807) is 11.3 Å². The van der Waals surface area contributed by atoms with Crippen LogP contribution in [0.1, 0.15) is 24.3 Å². The van der Waals surface area contributed by atoms with Crippen molar-refractivity contribution >= 4 is 11.3 Å². The molecule has 0 bridgehead atoms. The normalized spacial score (nSPS) is 10.8. The average Bonchev–Trinajstić information content (AvgIpc) is 2.84. The Morgan fingerprint density at radius 1 is 1.22 bits per heavy atom. The van der Waals surface area contributed by atoms with Crippen LogP contribution >= 0.6 is 11.3 Å². The molecule has 1 heterocycles. The fourth-order valence-corrected chi connectivity index (χ4v) is 2.18. The van der Waals surface area contributed by atoms with Crippen LogP contribution in [0, 0.1) is 0 Å². The molecule has 18 heavy (non-hydrogen) atoms. The van der Waals surface area contributed by atoms with Gasteiger partial charge in [-0.1, -0.05) is 12.1 Å². The van der Waals surface area contributed by atoms with Crippen LogP contribution < -0.4 is 10.1 Å². The molecule has 0 aliphatic rings. The van der Waals surface area contributed by atoms with Crippen molar-refractivity contribution in [3.8, 4) is 5.75 Å². The van der Waals surface area contributed by atoms with Crippen molar-refractivity contribution in [3.05, 3.63) is 46.4 Å². The molecule has 0 spiro atoms. The molecule has 3 nitrogen and oxygen atoms in total.